The molecule has 0 unspecified atom stereocenters. The van der Waals surface area contributed by atoms with E-state index in [2.05, 4.69) is 4.98 Å². The lowest BCUT2D eigenvalue weighted by atomic mass is 10.1. The molecule has 2 aromatic carbocycles. The van der Waals surface area contributed by atoms with E-state index in [1.54, 1.807) is 24.3 Å². The van der Waals surface area contributed by atoms with Gasteiger partial charge in [0.1, 0.15) is 11.3 Å². The summed E-state index contributed by atoms with van der Waals surface area (Å²) < 4.78 is 0. The Labute approximate surface area is 128 Å². The Morgan fingerprint density at radius 2 is 1.74 bits per heavy atom. The van der Waals surface area contributed by atoms with Gasteiger partial charge >= 0.3 is 0 Å². The number of nitrogens with zero attached hydrogens (tertiary/aromatic N) is 3. The highest BCUT2D eigenvalue weighted by atomic mass is 16.6. The van der Waals surface area contributed by atoms with Crippen LogP contribution in [0.2, 0.25) is 0 Å². The van der Waals surface area contributed by atoms with Crippen LogP contribution in [0.15, 0.2) is 48.5 Å². The lowest BCUT2D eigenvalue weighted by molar-refractivity contribution is -0.393. The molecule has 114 valence electrons. The minimum absolute atomic E-state index is 0.0473. The summed E-state index contributed by atoms with van der Waals surface area (Å²) in [5.74, 6) is -0.0473. The quantitative estimate of drug-likeness (QED) is 0.584. The first-order valence-electron chi connectivity index (χ1n) is 6.49. The second kappa shape index (κ2) is 5.34. The van der Waals surface area contributed by atoms with Gasteiger partial charge in [0.05, 0.1) is 27.2 Å². The number of benzene rings is 2. The van der Waals surface area contributed by atoms with E-state index in [0.717, 1.165) is 6.07 Å². The molecule has 3 aromatic rings. The third-order valence-electron chi connectivity index (χ3n) is 3.36. The van der Waals surface area contributed by atoms with Gasteiger partial charge in [-0.1, -0.05) is 18.2 Å². The van der Waals surface area contributed by atoms with Gasteiger partial charge in [-0.25, -0.2) is 4.98 Å². The summed E-state index contributed by atoms with van der Waals surface area (Å²) in [4.78, 5) is 24.8. The highest BCUT2D eigenvalue weighted by molar-refractivity contribution is 5.87. The molecule has 23 heavy (non-hydrogen) atoms. The highest BCUT2D eigenvalue weighted by Crippen LogP contribution is 2.34. The third-order valence-corrected chi connectivity index (χ3v) is 3.36. The maximum Gasteiger partial charge on any atom is 0.285 e. The Hall–Kier alpha value is -3.55. The number of phenolic OH excluding ortho intramolecular Hbond substituents is 1. The second-order valence-corrected chi connectivity index (χ2v) is 4.76. The highest BCUT2D eigenvalue weighted by Gasteiger charge is 2.21. The molecule has 0 saturated heterocycles. The van der Waals surface area contributed by atoms with Crippen molar-refractivity contribution in [2.45, 2.75) is 0 Å². The number of aromatic nitrogens is 1. The van der Waals surface area contributed by atoms with E-state index < -0.39 is 15.5 Å². The van der Waals surface area contributed by atoms with E-state index in [1.165, 1.54) is 18.2 Å². The van der Waals surface area contributed by atoms with E-state index in [9.17, 15) is 25.3 Å². The van der Waals surface area contributed by atoms with Gasteiger partial charge in [0.2, 0.25) is 0 Å². The Morgan fingerprint density at radius 3 is 2.43 bits per heavy atom. The fourth-order valence-electron chi connectivity index (χ4n) is 2.28. The molecule has 0 atom stereocenters. The van der Waals surface area contributed by atoms with E-state index >= 15 is 0 Å². The van der Waals surface area contributed by atoms with Crippen molar-refractivity contribution < 1.29 is 15.0 Å². The molecule has 0 bridgehead atoms. The fraction of sp³-hybridized carbons (Fsp3) is 0. The summed E-state index contributed by atoms with van der Waals surface area (Å²) >= 11 is 0. The molecular formula is C15H9N3O5. The first-order chi connectivity index (χ1) is 11.0. The van der Waals surface area contributed by atoms with Crippen LogP contribution < -0.4 is 0 Å². The molecular weight excluding hydrogens is 302 g/mol. The van der Waals surface area contributed by atoms with Crippen LogP contribution in [0.25, 0.3) is 22.2 Å². The summed E-state index contributed by atoms with van der Waals surface area (Å²) in [5.41, 5.74) is -0.0884. The van der Waals surface area contributed by atoms with Crippen LogP contribution in [0.1, 0.15) is 0 Å². The zero-order valence-electron chi connectivity index (χ0n) is 11.5. The first kappa shape index (κ1) is 14.4. The van der Waals surface area contributed by atoms with Crippen molar-refractivity contribution in [3.05, 3.63) is 68.8 Å². The molecule has 3 rings (SSSR count). The molecule has 1 aromatic heterocycles. The molecule has 0 radical (unpaired) electrons. The van der Waals surface area contributed by atoms with Gasteiger partial charge in [0.15, 0.2) is 0 Å². The van der Waals surface area contributed by atoms with Gasteiger partial charge in [0.25, 0.3) is 11.4 Å². The Kier molecular flexibility index (Phi) is 3.34. The predicted octanol–water partition coefficient (Wildman–Crippen LogP) is 3.42. The Balaban J connectivity index is 2.23. The molecule has 0 fully saturated rings. The van der Waals surface area contributed by atoms with Crippen molar-refractivity contribution in [3.63, 3.8) is 0 Å². The summed E-state index contributed by atoms with van der Waals surface area (Å²) in [6.07, 6.45) is 0. The van der Waals surface area contributed by atoms with Crippen LogP contribution >= 0.6 is 0 Å². The van der Waals surface area contributed by atoms with E-state index in [4.69, 9.17) is 0 Å². The molecule has 0 spiro atoms. The zero-order chi connectivity index (χ0) is 16.6. The normalized spacial score (nSPS) is 10.6. The smallest absolute Gasteiger partial charge is 0.285 e. The summed E-state index contributed by atoms with van der Waals surface area (Å²) in [5, 5.41) is 32.5. The monoisotopic (exact) mass is 311 g/mol. The van der Waals surface area contributed by atoms with Crippen molar-refractivity contribution in [2.24, 2.45) is 0 Å². The number of hydrogen-bond donors (Lipinski definition) is 1. The van der Waals surface area contributed by atoms with Crippen LogP contribution in [0.3, 0.4) is 0 Å². The predicted molar refractivity (Wildman–Crippen MR) is 82.2 cm³/mol. The molecule has 0 aliphatic heterocycles. The van der Waals surface area contributed by atoms with Crippen LogP contribution in [-0.2, 0) is 0 Å². The first-order valence-corrected chi connectivity index (χ1v) is 6.49. The largest absolute Gasteiger partial charge is 0.506 e. The molecule has 1 heterocycles. The van der Waals surface area contributed by atoms with Gasteiger partial charge in [-0.15, -0.1) is 0 Å². The average Bonchev–Trinajstić information content (AvgIpc) is 2.54. The summed E-state index contributed by atoms with van der Waals surface area (Å²) in [6, 6.07) is 11.5. The van der Waals surface area contributed by atoms with Gasteiger partial charge in [-0.3, -0.25) is 20.2 Å². The number of para-hydroxylation sites is 1. The molecule has 0 saturated carbocycles. The molecule has 8 heteroatoms. The second-order valence-electron chi connectivity index (χ2n) is 4.76. The SMILES string of the molecule is O=[N+]([O-])c1ccc(-c2ccc3cccc(O)c3n2)c([N+](=O)[O-])c1. The Morgan fingerprint density at radius 1 is 0.957 bits per heavy atom. The molecule has 0 aliphatic rings. The number of fused-ring (bicyclic) bond motifs is 1. The van der Waals surface area contributed by atoms with Gasteiger partial charge in [-0.05, 0) is 18.2 Å². The van der Waals surface area contributed by atoms with Crippen molar-refractivity contribution in [1.82, 2.24) is 4.98 Å². The number of non-ortho nitro benzene ring substituents is 1. The van der Waals surface area contributed by atoms with Crippen LogP contribution in [0, 0.1) is 20.2 Å². The lowest BCUT2D eigenvalue weighted by Crippen LogP contribution is -1.96. The van der Waals surface area contributed by atoms with Gasteiger partial charge in [-0.2, -0.15) is 0 Å². The lowest BCUT2D eigenvalue weighted by Gasteiger charge is -2.05. The maximum absolute atomic E-state index is 11.2. The number of pyridine rings is 1. The van der Waals surface area contributed by atoms with Crippen LogP contribution in [0.4, 0.5) is 11.4 Å². The molecule has 1 N–H and O–H groups in total. The van der Waals surface area contributed by atoms with Gasteiger partial charge < -0.3 is 5.11 Å². The van der Waals surface area contributed by atoms with Crippen molar-refractivity contribution in [2.75, 3.05) is 0 Å². The van der Waals surface area contributed by atoms with Crippen molar-refractivity contribution >= 4 is 22.3 Å². The summed E-state index contributed by atoms with van der Waals surface area (Å²) in [7, 11) is 0. The van der Waals surface area contributed by atoms with Crippen molar-refractivity contribution in [1.29, 1.82) is 0 Å². The zero-order valence-corrected chi connectivity index (χ0v) is 11.5. The van der Waals surface area contributed by atoms with Crippen LogP contribution in [-0.4, -0.2) is 19.9 Å². The number of nitro benzene ring substituents is 2. The number of rotatable bonds is 3. The number of hydrogen-bond acceptors (Lipinski definition) is 6. The maximum atomic E-state index is 11.2. The van der Waals surface area contributed by atoms with E-state index in [0.29, 0.717) is 10.9 Å². The van der Waals surface area contributed by atoms with E-state index in [1.807, 2.05) is 0 Å². The standard InChI is InChI=1S/C15H9N3O5/c19-14-3-1-2-9-4-7-12(16-15(9)14)11-6-5-10(17(20)21)8-13(11)18(22)23/h1-8,19H. The molecule has 0 amide bonds. The summed E-state index contributed by atoms with van der Waals surface area (Å²) in [6.45, 7) is 0. The topological polar surface area (TPSA) is 119 Å². The minimum atomic E-state index is -0.698. The van der Waals surface area contributed by atoms with Crippen LogP contribution in [0.5, 0.6) is 5.75 Å². The third kappa shape index (κ3) is 2.53. The Bertz CT molecular complexity index is 955. The average molecular weight is 311 g/mol. The van der Waals surface area contributed by atoms with Crippen molar-refractivity contribution in [3.8, 4) is 17.0 Å². The number of phenols is 1. The number of aromatic hydroxyl groups is 1. The number of nitro groups is 2. The molecule has 0 aliphatic carbocycles. The van der Waals surface area contributed by atoms with E-state index in [-0.39, 0.29) is 22.7 Å². The minimum Gasteiger partial charge on any atom is -0.506 e. The fourth-order valence-corrected chi connectivity index (χ4v) is 2.28. The molecule has 8 nitrogen and oxygen atoms in total. The van der Waals surface area contributed by atoms with Gasteiger partial charge in [0, 0.05) is 11.5 Å².